The number of nitrogens with one attached hydrogen (secondary N) is 2. The van der Waals surface area contributed by atoms with Crippen LogP contribution in [0.3, 0.4) is 0 Å². The zero-order valence-corrected chi connectivity index (χ0v) is 14.5. The summed E-state index contributed by atoms with van der Waals surface area (Å²) in [6.07, 6.45) is -5.14. The van der Waals surface area contributed by atoms with E-state index in [9.17, 15) is 22.8 Å². The van der Waals surface area contributed by atoms with E-state index in [-0.39, 0.29) is 12.2 Å². The van der Waals surface area contributed by atoms with Crippen LogP contribution in [0.5, 0.6) is 0 Å². The van der Waals surface area contributed by atoms with Crippen LogP contribution >= 0.6 is 11.6 Å². The number of halogens is 4. The molecule has 2 aromatic rings. The van der Waals surface area contributed by atoms with Crippen molar-refractivity contribution in [3.05, 3.63) is 64.2 Å². The topological polar surface area (TPSA) is 58.2 Å². The maximum Gasteiger partial charge on any atom is 0.417 e. The van der Waals surface area contributed by atoms with E-state index in [2.05, 4.69) is 10.6 Å². The Morgan fingerprint density at radius 1 is 1.08 bits per heavy atom. The van der Waals surface area contributed by atoms with Gasteiger partial charge in [0.2, 0.25) is 11.8 Å². The lowest BCUT2D eigenvalue weighted by molar-refractivity contribution is -0.137. The van der Waals surface area contributed by atoms with Crippen molar-refractivity contribution in [1.29, 1.82) is 0 Å². The van der Waals surface area contributed by atoms with Crippen molar-refractivity contribution < 1.29 is 22.8 Å². The van der Waals surface area contributed by atoms with E-state index in [1.54, 1.807) is 0 Å². The molecule has 0 heterocycles. The first kappa shape index (κ1) is 19.8. The highest BCUT2D eigenvalue weighted by Crippen LogP contribution is 2.36. The summed E-state index contributed by atoms with van der Waals surface area (Å²) in [7, 11) is 0. The van der Waals surface area contributed by atoms with Gasteiger partial charge in [0, 0.05) is 12.2 Å². The van der Waals surface area contributed by atoms with Crippen LogP contribution in [0.15, 0.2) is 42.5 Å². The summed E-state index contributed by atoms with van der Waals surface area (Å²) in [4.78, 5) is 23.7. The second-order valence-corrected chi connectivity index (χ2v) is 6.03. The summed E-state index contributed by atoms with van der Waals surface area (Å²) in [5.41, 5.74) is 0.770. The molecule has 0 saturated carbocycles. The fourth-order valence-electron chi connectivity index (χ4n) is 2.24. The van der Waals surface area contributed by atoms with E-state index in [0.29, 0.717) is 0 Å². The number of hydrogen-bond donors (Lipinski definition) is 2. The van der Waals surface area contributed by atoms with Gasteiger partial charge in [0.15, 0.2) is 0 Å². The second kappa shape index (κ2) is 8.23. The molecule has 0 unspecified atom stereocenters. The number of amides is 2. The molecule has 0 atom stereocenters. The number of anilines is 1. The van der Waals surface area contributed by atoms with E-state index < -0.39 is 35.0 Å². The molecule has 2 N–H and O–H groups in total. The number of rotatable bonds is 5. The van der Waals surface area contributed by atoms with Gasteiger partial charge in [0.25, 0.3) is 0 Å². The molecule has 8 heteroatoms. The predicted octanol–water partition coefficient (Wildman–Crippen LogP) is 4.31. The minimum absolute atomic E-state index is 0.0848. The van der Waals surface area contributed by atoms with Gasteiger partial charge >= 0.3 is 6.18 Å². The fraction of sp³-hybridized carbons (Fsp3) is 0.222. The van der Waals surface area contributed by atoms with Gasteiger partial charge in [-0.2, -0.15) is 13.2 Å². The lowest BCUT2D eigenvalue weighted by Gasteiger charge is -2.12. The molecule has 0 bridgehead atoms. The van der Waals surface area contributed by atoms with Crippen molar-refractivity contribution in [2.45, 2.75) is 26.1 Å². The van der Waals surface area contributed by atoms with Crippen LogP contribution in [0.4, 0.5) is 18.9 Å². The average Bonchev–Trinajstić information content (AvgIpc) is 2.54. The molecule has 0 saturated heterocycles. The van der Waals surface area contributed by atoms with Gasteiger partial charge in [0.1, 0.15) is 6.42 Å². The maximum absolute atomic E-state index is 12.8. The van der Waals surface area contributed by atoms with E-state index in [1.165, 1.54) is 6.07 Å². The predicted molar refractivity (Wildman–Crippen MR) is 92.7 cm³/mol. The zero-order valence-electron chi connectivity index (χ0n) is 13.8. The number of carbonyl (C=O) groups is 2. The molecular formula is C18H16ClF3N2O2. The second-order valence-electron chi connectivity index (χ2n) is 5.62. The normalized spacial score (nSPS) is 11.1. The molecule has 2 amide bonds. The van der Waals surface area contributed by atoms with Gasteiger partial charge in [-0.25, -0.2) is 0 Å². The smallest absolute Gasteiger partial charge is 0.352 e. The van der Waals surface area contributed by atoms with Gasteiger partial charge in [-0.05, 0) is 36.2 Å². The summed E-state index contributed by atoms with van der Waals surface area (Å²) in [6, 6.07) is 10.5. The van der Waals surface area contributed by atoms with Gasteiger partial charge in [-0.15, -0.1) is 0 Å². The Morgan fingerprint density at radius 2 is 1.77 bits per heavy atom. The molecule has 138 valence electrons. The van der Waals surface area contributed by atoms with Crippen molar-refractivity contribution >= 4 is 29.1 Å². The largest absolute Gasteiger partial charge is 0.417 e. The molecule has 26 heavy (non-hydrogen) atoms. The van der Waals surface area contributed by atoms with E-state index in [1.807, 2.05) is 31.2 Å². The van der Waals surface area contributed by atoms with Crippen LogP contribution in [0.2, 0.25) is 5.02 Å². The highest BCUT2D eigenvalue weighted by atomic mass is 35.5. The SMILES string of the molecule is Cc1ccccc1CNC(=O)CC(=O)Nc1ccc(Cl)c(C(F)(F)F)c1. The van der Waals surface area contributed by atoms with Crippen molar-refractivity contribution in [1.82, 2.24) is 5.32 Å². The van der Waals surface area contributed by atoms with Crippen LogP contribution in [0, 0.1) is 6.92 Å². The van der Waals surface area contributed by atoms with Crippen molar-refractivity contribution in [2.24, 2.45) is 0 Å². The Labute approximate surface area is 153 Å². The van der Waals surface area contributed by atoms with Gasteiger partial charge < -0.3 is 10.6 Å². The third kappa shape index (κ3) is 5.49. The maximum atomic E-state index is 12.8. The molecule has 2 rings (SSSR count). The van der Waals surface area contributed by atoms with Gasteiger partial charge in [0.05, 0.1) is 10.6 Å². The molecule has 0 spiro atoms. The Hall–Kier alpha value is -2.54. The zero-order chi connectivity index (χ0) is 19.3. The average molecular weight is 385 g/mol. The molecule has 0 aliphatic heterocycles. The van der Waals surface area contributed by atoms with Crippen LogP contribution in [0.1, 0.15) is 23.1 Å². The minimum atomic E-state index is -4.64. The molecule has 0 radical (unpaired) electrons. The summed E-state index contributed by atoms with van der Waals surface area (Å²) >= 11 is 5.52. The Kier molecular flexibility index (Phi) is 6.26. The van der Waals surface area contributed by atoms with Crippen LogP contribution < -0.4 is 10.6 Å². The van der Waals surface area contributed by atoms with E-state index >= 15 is 0 Å². The summed E-state index contributed by atoms with van der Waals surface area (Å²) < 4.78 is 38.4. The molecule has 0 aromatic heterocycles. The standard InChI is InChI=1S/C18H16ClF3N2O2/c1-11-4-2-3-5-12(11)10-23-16(25)9-17(26)24-13-6-7-15(19)14(8-13)18(20,21)22/h2-8H,9-10H2,1H3,(H,23,25)(H,24,26). The van der Waals surface area contributed by atoms with Crippen molar-refractivity contribution in [2.75, 3.05) is 5.32 Å². The summed E-state index contributed by atoms with van der Waals surface area (Å²) in [5, 5.41) is 4.40. The van der Waals surface area contributed by atoms with E-state index in [0.717, 1.165) is 23.3 Å². The van der Waals surface area contributed by atoms with Crippen LogP contribution in [-0.4, -0.2) is 11.8 Å². The van der Waals surface area contributed by atoms with Gasteiger partial charge in [-0.1, -0.05) is 35.9 Å². The number of alkyl halides is 3. The number of benzene rings is 2. The van der Waals surface area contributed by atoms with Crippen LogP contribution in [0.25, 0.3) is 0 Å². The Balaban J connectivity index is 1.92. The lowest BCUT2D eigenvalue weighted by Crippen LogP contribution is -2.28. The lowest BCUT2D eigenvalue weighted by atomic mass is 10.1. The first-order valence-electron chi connectivity index (χ1n) is 7.64. The molecule has 0 fully saturated rings. The van der Waals surface area contributed by atoms with Gasteiger partial charge in [-0.3, -0.25) is 9.59 Å². The minimum Gasteiger partial charge on any atom is -0.352 e. The highest BCUT2D eigenvalue weighted by molar-refractivity contribution is 6.31. The molecule has 4 nitrogen and oxygen atoms in total. The Morgan fingerprint density at radius 3 is 2.42 bits per heavy atom. The third-order valence-electron chi connectivity index (χ3n) is 3.61. The Bertz CT molecular complexity index is 822. The highest BCUT2D eigenvalue weighted by Gasteiger charge is 2.33. The summed E-state index contributed by atoms with van der Waals surface area (Å²) in [5.74, 6) is -1.25. The first-order valence-corrected chi connectivity index (χ1v) is 8.02. The van der Waals surface area contributed by atoms with E-state index in [4.69, 9.17) is 11.6 Å². The fourth-order valence-corrected chi connectivity index (χ4v) is 2.46. The quantitative estimate of drug-likeness (QED) is 0.754. The molecule has 0 aliphatic carbocycles. The molecule has 0 aliphatic rings. The number of aryl methyl sites for hydroxylation is 1. The van der Waals surface area contributed by atoms with Crippen molar-refractivity contribution in [3.8, 4) is 0 Å². The monoisotopic (exact) mass is 384 g/mol. The van der Waals surface area contributed by atoms with Crippen LogP contribution in [-0.2, 0) is 22.3 Å². The van der Waals surface area contributed by atoms with Crippen molar-refractivity contribution in [3.63, 3.8) is 0 Å². The third-order valence-corrected chi connectivity index (χ3v) is 3.94. The number of carbonyl (C=O) groups excluding carboxylic acids is 2. The first-order chi connectivity index (χ1) is 12.2. The molecule has 2 aromatic carbocycles. The number of hydrogen-bond acceptors (Lipinski definition) is 2. The molecular weight excluding hydrogens is 369 g/mol. The summed E-state index contributed by atoms with van der Waals surface area (Å²) in [6.45, 7) is 2.16.